The van der Waals surface area contributed by atoms with E-state index in [1.807, 2.05) is 19.9 Å². The second-order valence-electron chi connectivity index (χ2n) is 9.49. The summed E-state index contributed by atoms with van der Waals surface area (Å²) in [6.07, 6.45) is 11.1. The molecule has 1 aromatic rings. The number of aromatic nitrogens is 1. The van der Waals surface area contributed by atoms with Crippen LogP contribution in [0.15, 0.2) is 17.7 Å². The van der Waals surface area contributed by atoms with Gasteiger partial charge in [-0.2, -0.15) is 0 Å². The van der Waals surface area contributed by atoms with E-state index in [1.54, 1.807) is 0 Å². The van der Waals surface area contributed by atoms with Gasteiger partial charge in [-0.25, -0.2) is 4.79 Å². The molecule has 3 aliphatic rings. The number of imide groups is 1. The minimum absolute atomic E-state index is 0.288. The van der Waals surface area contributed by atoms with Crippen LogP contribution in [0.25, 0.3) is 0 Å². The Labute approximate surface area is 194 Å². The van der Waals surface area contributed by atoms with Gasteiger partial charge in [-0.05, 0) is 64.9 Å². The first kappa shape index (κ1) is 23.3. The molecule has 2 fully saturated rings. The van der Waals surface area contributed by atoms with Crippen LogP contribution in [-0.2, 0) is 20.9 Å². The van der Waals surface area contributed by atoms with Gasteiger partial charge < -0.3 is 14.6 Å². The lowest BCUT2D eigenvalue weighted by molar-refractivity contribution is -0.146. The standard InChI is InChI=1S/C25H33N3O5/c1-17-14-20(18(2)27(17)13-10-19-8-4-3-5-9-19)21(29)16-33-22(30)15-28-23(31)25(26-24(28)32)11-6-7-12-25/h8,14H,3-7,9-13,15-16H2,1-2H3,(H,26,32). The molecular weight excluding hydrogens is 422 g/mol. The summed E-state index contributed by atoms with van der Waals surface area (Å²) >= 11 is 0. The molecule has 1 aliphatic heterocycles. The number of hydrogen-bond acceptors (Lipinski definition) is 5. The molecule has 8 heteroatoms. The lowest BCUT2D eigenvalue weighted by Gasteiger charge is -2.19. The highest BCUT2D eigenvalue weighted by Crippen LogP contribution is 2.35. The molecular formula is C25H33N3O5. The van der Waals surface area contributed by atoms with Crippen LogP contribution in [-0.4, -0.2) is 51.8 Å². The van der Waals surface area contributed by atoms with Crippen molar-refractivity contribution in [1.29, 1.82) is 0 Å². The minimum Gasteiger partial charge on any atom is -0.456 e. The normalized spacial score (nSPS) is 19.7. The second kappa shape index (κ2) is 9.53. The zero-order chi connectivity index (χ0) is 23.6. The molecule has 0 radical (unpaired) electrons. The van der Waals surface area contributed by atoms with Crippen LogP contribution in [0.5, 0.6) is 0 Å². The van der Waals surface area contributed by atoms with E-state index in [9.17, 15) is 19.2 Å². The van der Waals surface area contributed by atoms with Gasteiger partial charge in [0.25, 0.3) is 5.91 Å². The van der Waals surface area contributed by atoms with Crippen LogP contribution in [0, 0.1) is 13.8 Å². The average molecular weight is 456 g/mol. The number of urea groups is 1. The highest BCUT2D eigenvalue weighted by molar-refractivity contribution is 6.09. The maximum atomic E-state index is 12.7. The number of rotatable bonds is 8. The fraction of sp³-hybridized carbons (Fsp3) is 0.600. The third-order valence-corrected chi connectivity index (χ3v) is 7.27. The van der Waals surface area contributed by atoms with Crippen molar-refractivity contribution in [2.45, 2.75) is 83.7 Å². The molecule has 0 bridgehead atoms. The number of allylic oxidation sites excluding steroid dienone is 2. The number of esters is 1. The Morgan fingerprint density at radius 2 is 1.88 bits per heavy atom. The quantitative estimate of drug-likeness (QED) is 0.280. The summed E-state index contributed by atoms with van der Waals surface area (Å²) in [6.45, 7) is 3.81. The van der Waals surface area contributed by atoms with Crippen LogP contribution in [0.4, 0.5) is 4.79 Å². The molecule has 1 saturated heterocycles. The predicted molar refractivity (Wildman–Crippen MR) is 122 cm³/mol. The topological polar surface area (TPSA) is 97.7 Å². The maximum Gasteiger partial charge on any atom is 0.326 e. The summed E-state index contributed by atoms with van der Waals surface area (Å²) in [5, 5.41) is 2.73. The van der Waals surface area contributed by atoms with E-state index in [-0.39, 0.29) is 11.7 Å². The fourth-order valence-corrected chi connectivity index (χ4v) is 5.35. The van der Waals surface area contributed by atoms with Gasteiger partial charge >= 0.3 is 12.0 Å². The van der Waals surface area contributed by atoms with Crippen molar-refractivity contribution in [2.75, 3.05) is 13.2 Å². The van der Waals surface area contributed by atoms with E-state index in [0.29, 0.717) is 18.4 Å². The first-order chi connectivity index (χ1) is 15.8. The van der Waals surface area contributed by atoms with Gasteiger partial charge in [0.2, 0.25) is 5.78 Å². The molecule has 4 rings (SSSR count). The maximum absolute atomic E-state index is 12.7. The van der Waals surface area contributed by atoms with Gasteiger partial charge in [-0.1, -0.05) is 24.5 Å². The van der Waals surface area contributed by atoms with E-state index < -0.39 is 30.7 Å². The molecule has 0 aromatic carbocycles. The fourth-order valence-electron chi connectivity index (χ4n) is 5.35. The van der Waals surface area contributed by atoms with E-state index >= 15 is 0 Å². The lowest BCUT2D eigenvalue weighted by atomic mass is 9.97. The van der Waals surface area contributed by atoms with Gasteiger partial charge in [0.1, 0.15) is 12.1 Å². The molecule has 1 N–H and O–H groups in total. The molecule has 1 aromatic heterocycles. The van der Waals surface area contributed by atoms with Gasteiger partial charge in [0, 0.05) is 23.5 Å². The molecule has 8 nitrogen and oxygen atoms in total. The Hall–Kier alpha value is -2.90. The number of nitrogens with one attached hydrogen (secondary N) is 1. The van der Waals surface area contributed by atoms with Crippen molar-refractivity contribution >= 4 is 23.7 Å². The number of ketones is 1. The van der Waals surface area contributed by atoms with Gasteiger partial charge in [-0.3, -0.25) is 19.3 Å². The SMILES string of the molecule is Cc1cc(C(=O)COC(=O)CN2C(=O)NC3(CCCC3)C2=O)c(C)n1CCC1=CCCCC1. The van der Waals surface area contributed by atoms with Gasteiger partial charge in [0.05, 0.1) is 0 Å². The van der Waals surface area contributed by atoms with Crippen molar-refractivity contribution in [1.82, 2.24) is 14.8 Å². The summed E-state index contributed by atoms with van der Waals surface area (Å²) in [5.74, 6) is -1.42. The van der Waals surface area contributed by atoms with E-state index in [2.05, 4.69) is 16.0 Å². The smallest absolute Gasteiger partial charge is 0.326 e. The minimum atomic E-state index is -0.863. The van der Waals surface area contributed by atoms with Crippen LogP contribution in [0.1, 0.15) is 79.5 Å². The predicted octanol–water partition coefficient (Wildman–Crippen LogP) is 3.59. The Morgan fingerprint density at radius 1 is 1.12 bits per heavy atom. The highest BCUT2D eigenvalue weighted by atomic mass is 16.5. The molecule has 1 saturated carbocycles. The van der Waals surface area contributed by atoms with Gasteiger partial charge in [0.15, 0.2) is 6.61 Å². The molecule has 33 heavy (non-hydrogen) atoms. The number of carbonyl (C=O) groups is 4. The molecule has 2 heterocycles. The summed E-state index contributed by atoms with van der Waals surface area (Å²) < 4.78 is 7.28. The van der Waals surface area contributed by atoms with Crippen molar-refractivity contribution in [3.63, 3.8) is 0 Å². The highest BCUT2D eigenvalue weighted by Gasteiger charge is 2.52. The van der Waals surface area contributed by atoms with E-state index in [0.717, 1.165) is 54.9 Å². The van der Waals surface area contributed by atoms with Crippen molar-refractivity contribution in [3.05, 3.63) is 34.7 Å². The molecule has 178 valence electrons. The number of Topliss-reactive ketones (excluding diaryl/α,β-unsaturated/α-hetero) is 1. The van der Waals surface area contributed by atoms with Crippen LogP contribution in [0.2, 0.25) is 0 Å². The molecule has 3 amide bonds. The van der Waals surface area contributed by atoms with E-state index in [1.165, 1.54) is 18.4 Å². The lowest BCUT2D eigenvalue weighted by Crippen LogP contribution is -2.44. The molecule has 0 unspecified atom stereocenters. The number of carbonyl (C=O) groups excluding carboxylic acids is 4. The Bertz CT molecular complexity index is 1000. The molecule has 2 aliphatic carbocycles. The van der Waals surface area contributed by atoms with Crippen LogP contribution in [0.3, 0.4) is 0 Å². The molecule has 0 atom stereocenters. The first-order valence-electron chi connectivity index (χ1n) is 12.0. The number of ether oxygens (including phenoxy) is 1. The van der Waals surface area contributed by atoms with Gasteiger partial charge in [-0.15, -0.1) is 0 Å². The zero-order valence-corrected chi connectivity index (χ0v) is 19.6. The first-order valence-corrected chi connectivity index (χ1v) is 12.0. The zero-order valence-electron chi connectivity index (χ0n) is 19.6. The Kier molecular flexibility index (Phi) is 6.72. The summed E-state index contributed by atoms with van der Waals surface area (Å²) in [5.41, 5.74) is 3.02. The number of hydrogen-bond donors (Lipinski definition) is 1. The summed E-state index contributed by atoms with van der Waals surface area (Å²) in [7, 11) is 0. The largest absolute Gasteiger partial charge is 0.456 e. The average Bonchev–Trinajstić information content (AvgIpc) is 3.45. The van der Waals surface area contributed by atoms with Crippen molar-refractivity contribution in [2.24, 2.45) is 0 Å². The number of nitrogens with zero attached hydrogens (tertiary/aromatic N) is 2. The summed E-state index contributed by atoms with van der Waals surface area (Å²) in [4.78, 5) is 50.8. The van der Waals surface area contributed by atoms with Crippen molar-refractivity contribution < 1.29 is 23.9 Å². The number of aryl methyl sites for hydroxylation is 1. The van der Waals surface area contributed by atoms with E-state index in [4.69, 9.17) is 4.74 Å². The third kappa shape index (κ3) is 4.75. The van der Waals surface area contributed by atoms with Crippen LogP contribution < -0.4 is 5.32 Å². The number of amides is 3. The van der Waals surface area contributed by atoms with Crippen molar-refractivity contribution in [3.8, 4) is 0 Å². The Morgan fingerprint density at radius 3 is 2.58 bits per heavy atom. The second-order valence-corrected chi connectivity index (χ2v) is 9.49. The summed E-state index contributed by atoms with van der Waals surface area (Å²) in [6, 6.07) is 1.27. The third-order valence-electron chi connectivity index (χ3n) is 7.27. The Balaban J connectivity index is 1.31. The molecule has 1 spiro atoms. The monoisotopic (exact) mass is 455 g/mol. The van der Waals surface area contributed by atoms with Crippen LogP contribution >= 0.6 is 0 Å².